The normalized spacial score (nSPS) is 12.0. The molecule has 0 atom stereocenters. The van der Waals surface area contributed by atoms with Gasteiger partial charge in [-0.25, -0.2) is 4.98 Å². The standard InChI is InChI=1S/C12H19F3N2OS/c1-2-5-16-7-11-17-10(9-19-11)8-18-6-3-4-12(13,14)15/h9,16H,2-8H2,1H3. The van der Waals surface area contributed by atoms with Crippen LogP contribution in [0.5, 0.6) is 0 Å². The van der Waals surface area contributed by atoms with Crippen LogP contribution in [0.1, 0.15) is 36.9 Å². The molecule has 0 aliphatic heterocycles. The molecule has 0 fully saturated rings. The molecule has 3 nitrogen and oxygen atoms in total. The second-order valence-electron chi connectivity index (χ2n) is 4.18. The molecule has 7 heteroatoms. The number of thiazole rings is 1. The van der Waals surface area contributed by atoms with Crippen molar-refractivity contribution >= 4 is 11.3 Å². The molecule has 1 aromatic heterocycles. The Labute approximate surface area is 115 Å². The van der Waals surface area contributed by atoms with Gasteiger partial charge in [0, 0.05) is 25.0 Å². The Morgan fingerprint density at radius 3 is 2.89 bits per heavy atom. The van der Waals surface area contributed by atoms with Gasteiger partial charge < -0.3 is 10.1 Å². The lowest BCUT2D eigenvalue weighted by molar-refractivity contribution is -0.138. The lowest BCUT2D eigenvalue weighted by Crippen LogP contribution is -2.13. The molecule has 0 bridgehead atoms. The highest BCUT2D eigenvalue weighted by Gasteiger charge is 2.25. The van der Waals surface area contributed by atoms with Crippen LogP contribution in [-0.4, -0.2) is 24.3 Å². The van der Waals surface area contributed by atoms with E-state index >= 15 is 0 Å². The van der Waals surface area contributed by atoms with Gasteiger partial charge in [0.15, 0.2) is 0 Å². The maximum absolute atomic E-state index is 11.9. The minimum Gasteiger partial charge on any atom is -0.375 e. The molecule has 19 heavy (non-hydrogen) atoms. The molecule has 0 amide bonds. The minimum atomic E-state index is -4.10. The van der Waals surface area contributed by atoms with E-state index in [0.717, 1.165) is 30.2 Å². The van der Waals surface area contributed by atoms with Crippen molar-refractivity contribution in [2.24, 2.45) is 0 Å². The summed E-state index contributed by atoms with van der Waals surface area (Å²) in [7, 11) is 0. The van der Waals surface area contributed by atoms with Crippen LogP contribution < -0.4 is 5.32 Å². The van der Waals surface area contributed by atoms with Crippen molar-refractivity contribution in [2.45, 2.75) is 45.5 Å². The Kier molecular flexibility index (Phi) is 7.33. The number of nitrogens with one attached hydrogen (secondary N) is 1. The monoisotopic (exact) mass is 296 g/mol. The summed E-state index contributed by atoms with van der Waals surface area (Å²) >= 11 is 1.53. The van der Waals surface area contributed by atoms with E-state index in [0.29, 0.717) is 0 Å². The van der Waals surface area contributed by atoms with Crippen LogP contribution in [0.25, 0.3) is 0 Å². The second kappa shape index (κ2) is 8.50. The molecular formula is C12H19F3N2OS. The third-order valence-electron chi connectivity index (χ3n) is 2.30. The zero-order chi connectivity index (χ0) is 14.1. The van der Waals surface area contributed by atoms with Gasteiger partial charge in [0.05, 0.1) is 12.3 Å². The predicted molar refractivity (Wildman–Crippen MR) is 69.1 cm³/mol. The van der Waals surface area contributed by atoms with Crippen LogP contribution in [0.15, 0.2) is 5.38 Å². The summed E-state index contributed by atoms with van der Waals surface area (Å²) < 4.78 is 40.8. The molecule has 0 radical (unpaired) electrons. The van der Waals surface area contributed by atoms with Gasteiger partial charge in [0.1, 0.15) is 5.01 Å². The third-order valence-corrected chi connectivity index (χ3v) is 3.20. The van der Waals surface area contributed by atoms with Crippen LogP contribution in [0.2, 0.25) is 0 Å². The number of aromatic nitrogens is 1. The Morgan fingerprint density at radius 1 is 1.42 bits per heavy atom. The minimum absolute atomic E-state index is 0.00144. The van der Waals surface area contributed by atoms with Crippen molar-refractivity contribution in [1.82, 2.24) is 10.3 Å². The second-order valence-corrected chi connectivity index (χ2v) is 5.12. The predicted octanol–water partition coefficient (Wildman–Crippen LogP) is 3.50. The van der Waals surface area contributed by atoms with E-state index in [2.05, 4.69) is 17.2 Å². The van der Waals surface area contributed by atoms with Gasteiger partial charge in [-0.05, 0) is 19.4 Å². The van der Waals surface area contributed by atoms with E-state index in [9.17, 15) is 13.2 Å². The summed E-state index contributed by atoms with van der Waals surface area (Å²) in [4.78, 5) is 4.34. The lowest BCUT2D eigenvalue weighted by Gasteiger charge is -2.05. The fourth-order valence-corrected chi connectivity index (χ4v) is 2.17. The number of hydrogen-bond donors (Lipinski definition) is 1. The summed E-state index contributed by atoms with van der Waals surface area (Å²) in [6.45, 7) is 4.16. The molecule has 1 heterocycles. The number of ether oxygens (including phenoxy) is 1. The molecule has 0 saturated carbocycles. The molecule has 0 unspecified atom stereocenters. The zero-order valence-electron chi connectivity index (χ0n) is 10.9. The highest BCUT2D eigenvalue weighted by atomic mass is 32.1. The van der Waals surface area contributed by atoms with Crippen molar-refractivity contribution in [3.63, 3.8) is 0 Å². The van der Waals surface area contributed by atoms with Crippen LogP contribution in [-0.2, 0) is 17.9 Å². The van der Waals surface area contributed by atoms with Gasteiger partial charge in [0.25, 0.3) is 0 Å². The first-order valence-electron chi connectivity index (χ1n) is 6.29. The van der Waals surface area contributed by atoms with Gasteiger partial charge in [-0.15, -0.1) is 11.3 Å². The van der Waals surface area contributed by atoms with Crippen molar-refractivity contribution < 1.29 is 17.9 Å². The van der Waals surface area contributed by atoms with Crippen molar-refractivity contribution in [1.29, 1.82) is 0 Å². The highest BCUT2D eigenvalue weighted by Crippen LogP contribution is 2.21. The van der Waals surface area contributed by atoms with E-state index in [1.807, 2.05) is 5.38 Å². The number of hydrogen-bond acceptors (Lipinski definition) is 4. The van der Waals surface area contributed by atoms with E-state index in [4.69, 9.17) is 4.74 Å². The molecule has 1 rings (SSSR count). The summed E-state index contributed by atoms with van der Waals surface area (Å²) in [6, 6.07) is 0. The Hall–Kier alpha value is -0.660. The van der Waals surface area contributed by atoms with E-state index in [-0.39, 0.29) is 19.6 Å². The van der Waals surface area contributed by atoms with Crippen LogP contribution in [0.3, 0.4) is 0 Å². The molecule has 0 spiro atoms. The van der Waals surface area contributed by atoms with Crippen LogP contribution in [0.4, 0.5) is 13.2 Å². The lowest BCUT2D eigenvalue weighted by atomic mass is 10.3. The van der Waals surface area contributed by atoms with Crippen molar-refractivity contribution in [2.75, 3.05) is 13.2 Å². The smallest absolute Gasteiger partial charge is 0.375 e. The number of nitrogens with zero attached hydrogens (tertiary/aromatic N) is 1. The topological polar surface area (TPSA) is 34.2 Å². The fraction of sp³-hybridized carbons (Fsp3) is 0.750. The SMILES string of the molecule is CCCNCc1nc(COCCCC(F)(F)F)cs1. The number of halogens is 3. The van der Waals surface area contributed by atoms with Gasteiger partial charge >= 0.3 is 6.18 Å². The first-order chi connectivity index (χ1) is 9.01. The average molecular weight is 296 g/mol. The summed E-state index contributed by atoms with van der Waals surface area (Å²) in [5, 5.41) is 6.10. The first-order valence-corrected chi connectivity index (χ1v) is 7.17. The van der Waals surface area contributed by atoms with Crippen LogP contribution >= 0.6 is 11.3 Å². The quantitative estimate of drug-likeness (QED) is 0.708. The number of rotatable bonds is 9. The van der Waals surface area contributed by atoms with E-state index in [1.54, 1.807) is 0 Å². The Bertz CT molecular complexity index is 355. The zero-order valence-corrected chi connectivity index (χ0v) is 11.7. The van der Waals surface area contributed by atoms with E-state index in [1.165, 1.54) is 11.3 Å². The summed E-state index contributed by atoms with van der Waals surface area (Å²) in [5.74, 6) is 0. The van der Waals surface area contributed by atoms with Gasteiger partial charge in [0.2, 0.25) is 0 Å². The van der Waals surface area contributed by atoms with Gasteiger partial charge in [-0.3, -0.25) is 0 Å². The maximum atomic E-state index is 11.9. The van der Waals surface area contributed by atoms with Crippen molar-refractivity contribution in [3.8, 4) is 0 Å². The highest BCUT2D eigenvalue weighted by molar-refractivity contribution is 7.09. The van der Waals surface area contributed by atoms with E-state index < -0.39 is 12.6 Å². The Balaban J connectivity index is 2.12. The molecular weight excluding hydrogens is 277 g/mol. The third kappa shape index (κ3) is 8.18. The molecule has 1 N–H and O–H groups in total. The summed E-state index contributed by atoms with van der Waals surface area (Å²) in [5.41, 5.74) is 0.783. The van der Waals surface area contributed by atoms with Crippen molar-refractivity contribution in [3.05, 3.63) is 16.1 Å². The summed E-state index contributed by atoms with van der Waals surface area (Å²) in [6.07, 6.45) is -3.82. The average Bonchev–Trinajstić information content (AvgIpc) is 2.75. The van der Waals surface area contributed by atoms with Gasteiger partial charge in [-0.2, -0.15) is 13.2 Å². The molecule has 1 aromatic rings. The molecule has 110 valence electrons. The maximum Gasteiger partial charge on any atom is 0.389 e. The molecule has 0 aliphatic carbocycles. The number of alkyl halides is 3. The molecule has 0 saturated heterocycles. The molecule has 0 aliphatic rings. The van der Waals surface area contributed by atoms with Crippen LogP contribution in [0, 0.1) is 0 Å². The largest absolute Gasteiger partial charge is 0.389 e. The first kappa shape index (κ1) is 16.4. The van der Waals surface area contributed by atoms with Gasteiger partial charge in [-0.1, -0.05) is 6.92 Å². The molecule has 0 aromatic carbocycles. The Morgan fingerprint density at radius 2 is 2.21 bits per heavy atom. The fourth-order valence-electron chi connectivity index (χ4n) is 1.42.